The van der Waals surface area contributed by atoms with Crippen LogP contribution in [0.15, 0.2) is 4.99 Å². The molecule has 0 spiro atoms. The molecule has 0 aromatic heterocycles. The molecule has 0 saturated heterocycles. The minimum Gasteiger partial charge on any atom is -0.268 e. The van der Waals surface area contributed by atoms with Gasteiger partial charge in [-0.05, 0) is 40.5 Å². The Morgan fingerprint density at radius 1 is 1.06 bits per heavy atom. The summed E-state index contributed by atoms with van der Waals surface area (Å²) in [6.07, 6.45) is 8.42. The van der Waals surface area contributed by atoms with E-state index >= 15 is 0 Å². The molecule has 0 aromatic carbocycles. The molecule has 0 aromatic rings. The molecule has 0 amide bonds. The van der Waals surface area contributed by atoms with Crippen LogP contribution in [0, 0.1) is 0 Å². The van der Waals surface area contributed by atoms with Gasteiger partial charge in [0.15, 0.2) is 0 Å². The minimum atomic E-state index is -0.529. The minimum absolute atomic E-state index is 0.434. The predicted octanol–water partition coefficient (Wildman–Crippen LogP) is 4.35. The summed E-state index contributed by atoms with van der Waals surface area (Å²) in [5.41, 5.74) is 0.000877. The number of hydrogen-bond donors (Lipinski definition) is 0. The highest BCUT2D eigenvalue weighted by Crippen LogP contribution is 2.37. The second-order valence-electron chi connectivity index (χ2n) is 6.29. The summed E-state index contributed by atoms with van der Waals surface area (Å²) in [6.45, 7) is 10.1. The van der Waals surface area contributed by atoms with Crippen LogP contribution in [-0.2, 0) is 5.21 Å². The number of hydroxylamine groups is 2. The number of aliphatic imine (C=N–C) groups is 1. The van der Waals surface area contributed by atoms with Crippen LogP contribution in [0.25, 0.3) is 0 Å². The van der Waals surface area contributed by atoms with Crippen LogP contribution < -0.4 is 0 Å². The summed E-state index contributed by atoms with van der Waals surface area (Å²) in [5.74, 6) is 0. The van der Waals surface area contributed by atoms with Crippen molar-refractivity contribution < 1.29 is 5.21 Å². The fourth-order valence-electron chi connectivity index (χ4n) is 2.69. The van der Waals surface area contributed by atoms with E-state index in [1.807, 2.05) is 27.7 Å². The van der Waals surface area contributed by atoms with Crippen molar-refractivity contribution in [2.24, 2.45) is 4.99 Å². The van der Waals surface area contributed by atoms with Gasteiger partial charge in [0.2, 0.25) is 0 Å². The average molecular weight is 253 g/mol. The van der Waals surface area contributed by atoms with Gasteiger partial charge in [0.1, 0.15) is 5.66 Å². The third kappa shape index (κ3) is 3.33. The summed E-state index contributed by atoms with van der Waals surface area (Å²) < 4.78 is 0. The molecule has 3 heteroatoms. The SMILES string of the molecule is CCCCCCCCC1(C)N=C(C)C(C)(C)N1[O]. The first kappa shape index (κ1) is 15.6. The molecular weight excluding hydrogens is 224 g/mol. The zero-order valence-electron chi connectivity index (χ0n) is 12.8. The number of rotatable bonds is 7. The van der Waals surface area contributed by atoms with E-state index in [9.17, 15) is 5.21 Å². The summed E-state index contributed by atoms with van der Waals surface area (Å²) in [7, 11) is 0. The van der Waals surface area contributed by atoms with E-state index in [-0.39, 0.29) is 0 Å². The van der Waals surface area contributed by atoms with Crippen LogP contribution in [-0.4, -0.2) is 22.0 Å². The Balaban J connectivity index is 2.38. The van der Waals surface area contributed by atoms with Gasteiger partial charge in [-0.3, -0.25) is 4.99 Å². The number of nitrogens with zero attached hydrogens (tertiary/aromatic N) is 2. The lowest BCUT2D eigenvalue weighted by molar-refractivity contribution is -0.247. The molecule has 0 fully saturated rings. The van der Waals surface area contributed by atoms with Gasteiger partial charge in [-0.2, -0.15) is 0 Å². The third-order valence-corrected chi connectivity index (χ3v) is 4.24. The summed E-state index contributed by atoms with van der Waals surface area (Å²) in [4.78, 5) is 4.62. The summed E-state index contributed by atoms with van der Waals surface area (Å²) >= 11 is 0. The number of hydrogen-bond acceptors (Lipinski definition) is 2. The molecule has 105 valence electrons. The van der Waals surface area contributed by atoms with Crippen molar-refractivity contribution in [2.45, 2.75) is 90.8 Å². The first-order chi connectivity index (χ1) is 8.34. The van der Waals surface area contributed by atoms with Gasteiger partial charge >= 0.3 is 0 Å². The maximum atomic E-state index is 12.3. The van der Waals surface area contributed by atoms with Crippen molar-refractivity contribution in [2.75, 3.05) is 0 Å². The van der Waals surface area contributed by atoms with Gasteiger partial charge in [0.05, 0.1) is 5.54 Å². The quantitative estimate of drug-likeness (QED) is 0.621. The van der Waals surface area contributed by atoms with Gasteiger partial charge in [-0.15, -0.1) is 10.3 Å². The van der Waals surface area contributed by atoms with Crippen molar-refractivity contribution in [3.8, 4) is 0 Å². The lowest BCUT2D eigenvalue weighted by Gasteiger charge is -2.33. The van der Waals surface area contributed by atoms with E-state index in [1.54, 1.807) is 0 Å². The first-order valence-corrected chi connectivity index (χ1v) is 7.39. The Morgan fingerprint density at radius 3 is 2.11 bits per heavy atom. The maximum Gasteiger partial charge on any atom is 0.136 e. The molecule has 1 aliphatic rings. The molecule has 0 aliphatic carbocycles. The largest absolute Gasteiger partial charge is 0.268 e. The van der Waals surface area contributed by atoms with Crippen molar-refractivity contribution in [3.63, 3.8) is 0 Å². The molecule has 1 rings (SSSR count). The molecule has 1 radical (unpaired) electrons. The molecule has 0 bridgehead atoms. The maximum absolute atomic E-state index is 12.3. The molecule has 3 nitrogen and oxygen atoms in total. The molecule has 1 aliphatic heterocycles. The fourth-order valence-corrected chi connectivity index (χ4v) is 2.69. The van der Waals surface area contributed by atoms with Gasteiger partial charge in [-0.1, -0.05) is 39.0 Å². The number of unbranched alkanes of at least 4 members (excludes halogenated alkanes) is 5. The second-order valence-corrected chi connectivity index (χ2v) is 6.29. The second kappa shape index (κ2) is 6.16. The van der Waals surface area contributed by atoms with E-state index < -0.39 is 11.2 Å². The molecule has 1 unspecified atom stereocenters. The monoisotopic (exact) mass is 253 g/mol. The Hall–Kier alpha value is -0.410. The van der Waals surface area contributed by atoms with Crippen molar-refractivity contribution in [1.82, 2.24) is 5.06 Å². The highest BCUT2D eigenvalue weighted by atomic mass is 16.5. The lowest BCUT2D eigenvalue weighted by Crippen LogP contribution is -2.49. The smallest absolute Gasteiger partial charge is 0.136 e. The van der Waals surface area contributed by atoms with Crippen LogP contribution in [0.1, 0.15) is 79.6 Å². The predicted molar refractivity (Wildman–Crippen MR) is 76.1 cm³/mol. The first-order valence-electron chi connectivity index (χ1n) is 7.39. The van der Waals surface area contributed by atoms with Crippen molar-refractivity contribution in [3.05, 3.63) is 0 Å². The van der Waals surface area contributed by atoms with Crippen LogP contribution in [0.3, 0.4) is 0 Å². The van der Waals surface area contributed by atoms with Gasteiger partial charge < -0.3 is 0 Å². The highest BCUT2D eigenvalue weighted by molar-refractivity contribution is 5.92. The van der Waals surface area contributed by atoms with Crippen molar-refractivity contribution in [1.29, 1.82) is 0 Å². The van der Waals surface area contributed by atoms with Crippen LogP contribution in [0.2, 0.25) is 0 Å². The van der Waals surface area contributed by atoms with Crippen LogP contribution in [0.4, 0.5) is 0 Å². The van der Waals surface area contributed by atoms with Gasteiger partial charge in [0.25, 0.3) is 0 Å². The standard InChI is InChI=1S/C15H29N2O/c1-6-7-8-9-10-11-12-15(5)16-13(2)14(3,4)17(15)18/h6-12H2,1-5H3. The Kier molecular flexibility index (Phi) is 5.35. The summed E-state index contributed by atoms with van der Waals surface area (Å²) in [5, 5.41) is 13.5. The zero-order chi connectivity index (χ0) is 13.8. The normalized spacial score (nSPS) is 27.6. The Labute approximate surface area is 112 Å². The Morgan fingerprint density at radius 2 is 1.61 bits per heavy atom. The summed E-state index contributed by atoms with van der Waals surface area (Å²) in [6, 6.07) is 0. The zero-order valence-corrected chi connectivity index (χ0v) is 12.8. The van der Waals surface area contributed by atoms with E-state index in [2.05, 4.69) is 11.9 Å². The van der Waals surface area contributed by atoms with E-state index in [0.29, 0.717) is 0 Å². The highest BCUT2D eigenvalue weighted by Gasteiger charge is 2.48. The van der Waals surface area contributed by atoms with Gasteiger partial charge in [-0.25, -0.2) is 0 Å². The average Bonchev–Trinajstić information content (AvgIpc) is 2.46. The molecule has 0 N–H and O–H groups in total. The van der Waals surface area contributed by atoms with E-state index in [1.165, 1.54) is 37.2 Å². The third-order valence-electron chi connectivity index (χ3n) is 4.24. The molecule has 1 heterocycles. The van der Waals surface area contributed by atoms with Crippen LogP contribution >= 0.6 is 0 Å². The topological polar surface area (TPSA) is 35.5 Å². The van der Waals surface area contributed by atoms with Crippen LogP contribution in [0.5, 0.6) is 0 Å². The van der Waals surface area contributed by atoms with Gasteiger partial charge in [0, 0.05) is 5.71 Å². The molecular formula is C15H29N2O. The van der Waals surface area contributed by atoms with E-state index in [4.69, 9.17) is 0 Å². The molecule has 18 heavy (non-hydrogen) atoms. The molecule has 0 saturated carbocycles. The lowest BCUT2D eigenvalue weighted by atomic mass is 9.98. The van der Waals surface area contributed by atoms with E-state index in [0.717, 1.165) is 18.6 Å². The fraction of sp³-hybridized carbons (Fsp3) is 0.933. The van der Waals surface area contributed by atoms with Crippen molar-refractivity contribution >= 4 is 5.71 Å². The Bertz CT molecular complexity index is 299. The molecule has 1 atom stereocenters.